The molecule has 3 aliphatic heterocycles. The molecule has 13 nitrogen and oxygen atoms in total. The molecule has 276 valence electrons. The van der Waals surface area contributed by atoms with Crippen molar-refractivity contribution < 1.29 is 28.3 Å². The van der Waals surface area contributed by atoms with Gasteiger partial charge in [0.2, 0.25) is 5.91 Å². The van der Waals surface area contributed by atoms with Crippen LogP contribution in [0.25, 0.3) is 0 Å². The number of rotatable bonds is 8. The molecule has 1 atom stereocenters. The van der Waals surface area contributed by atoms with Crippen LogP contribution in [-0.4, -0.2) is 92.9 Å². The van der Waals surface area contributed by atoms with Gasteiger partial charge in [0.25, 0.3) is 17.7 Å². The van der Waals surface area contributed by atoms with Crippen LogP contribution in [0.4, 0.5) is 10.2 Å². The standard InChI is InChI=1S/C38H40ClFN8O5/c1-37(2)35(38(3,4)36(37)53-24-6-5-21(18-41)26(39)16-24)48-31(49)10-8-29(34(48)52)47-20-22-15-23(27(40)17-25(22)33(47)51)19-45-11-13-46(14-12-45)30-9-7-28(32(42)50)43-44-30/h5-7,9,15-17,29,35-36H,8,10-14,19-20H2,1-4H3,(H2,42,50). The minimum absolute atomic E-state index is 0.0857. The molecule has 1 saturated carbocycles. The fourth-order valence-corrected chi connectivity index (χ4v) is 9.22. The number of piperidine rings is 1. The molecular formula is C38H40ClFN8O5. The number of carbonyl (C=O) groups is 4. The summed E-state index contributed by atoms with van der Waals surface area (Å²) in [7, 11) is 0. The molecule has 3 fully saturated rings. The number of imide groups is 1. The van der Waals surface area contributed by atoms with Gasteiger partial charge in [-0.25, -0.2) is 4.39 Å². The number of piperazine rings is 1. The molecule has 0 spiro atoms. The summed E-state index contributed by atoms with van der Waals surface area (Å²) in [5.41, 5.74) is 5.68. The largest absolute Gasteiger partial charge is 0.489 e. The summed E-state index contributed by atoms with van der Waals surface area (Å²) in [4.78, 5) is 59.8. The third-order valence-electron chi connectivity index (χ3n) is 11.2. The monoisotopic (exact) mass is 742 g/mol. The lowest BCUT2D eigenvalue weighted by Crippen LogP contribution is -2.77. The van der Waals surface area contributed by atoms with E-state index in [1.54, 1.807) is 30.3 Å². The summed E-state index contributed by atoms with van der Waals surface area (Å²) >= 11 is 6.25. The van der Waals surface area contributed by atoms with Gasteiger partial charge >= 0.3 is 0 Å². The van der Waals surface area contributed by atoms with Gasteiger partial charge in [-0.3, -0.25) is 29.0 Å². The van der Waals surface area contributed by atoms with E-state index in [0.717, 1.165) is 0 Å². The third-order valence-corrected chi connectivity index (χ3v) is 11.5. The van der Waals surface area contributed by atoms with E-state index in [-0.39, 0.29) is 41.6 Å². The van der Waals surface area contributed by atoms with E-state index in [1.807, 2.05) is 38.7 Å². The predicted molar refractivity (Wildman–Crippen MR) is 191 cm³/mol. The van der Waals surface area contributed by atoms with Crippen LogP contribution in [0, 0.1) is 28.0 Å². The Hall–Kier alpha value is -5.13. The number of nitrogens with zero attached hydrogens (tertiary/aromatic N) is 7. The normalized spacial score (nSPS) is 23.8. The number of hydrogen-bond acceptors (Lipinski definition) is 10. The van der Waals surface area contributed by atoms with Crippen LogP contribution in [0.5, 0.6) is 5.75 Å². The zero-order chi connectivity index (χ0) is 38.0. The number of halogens is 2. The fraction of sp³-hybridized carbons (Fsp3) is 0.447. The molecule has 3 aromatic rings. The van der Waals surface area contributed by atoms with E-state index in [4.69, 9.17) is 22.1 Å². The van der Waals surface area contributed by atoms with Gasteiger partial charge in [-0.05, 0) is 48.4 Å². The minimum Gasteiger partial charge on any atom is -0.489 e. The Morgan fingerprint density at radius 2 is 1.75 bits per heavy atom. The fourth-order valence-electron chi connectivity index (χ4n) is 9.00. The first kappa shape index (κ1) is 36.2. The number of fused-ring (bicyclic) bond motifs is 1. The van der Waals surface area contributed by atoms with Crippen molar-refractivity contribution in [1.82, 2.24) is 24.9 Å². The van der Waals surface area contributed by atoms with Crippen LogP contribution in [0.1, 0.15) is 78.1 Å². The van der Waals surface area contributed by atoms with Crippen LogP contribution in [0.15, 0.2) is 42.5 Å². The van der Waals surface area contributed by atoms with Crippen molar-refractivity contribution in [2.75, 3.05) is 31.1 Å². The number of amides is 4. The van der Waals surface area contributed by atoms with Crippen molar-refractivity contribution in [3.8, 4) is 11.8 Å². The first-order valence-electron chi connectivity index (χ1n) is 17.6. The highest BCUT2D eigenvalue weighted by Crippen LogP contribution is 2.58. The summed E-state index contributed by atoms with van der Waals surface area (Å²) in [5, 5.41) is 17.5. The molecule has 1 unspecified atom stereocenters. The maximum atomic E-state index is 15.5. The number of carbonyl (C=O) groups excluding carboxylic acids is 4. The lowest BCUT2D eigenvalue weighted by atomic mass is 9.48. The van der Waals surface area contributed by atoms with Crippen molar-refractivity contribution >= 4 is 41.0 Å². The predicted octanol–water partition coefficient (Wildman–Crippen LogP) is 3.92. The number of nitrogens with two attached hydrogens (primary N) is 1. The quantitative estimate of drug-likeness (QED) is 0.335. The summed E-state index contributed by atoms with van der Waals surface area (Å²) in [6, 6.07) is 11.7. The van der Waals surface area contributed by atoms with Crippen LogP contribution in [0.2, 0.25) is 5.02 Å². The summed E-state index contributed by atoms with van der Waals surface area (Å²) in [5.74, 6) is -1.21. The number of aromatic nitrogens is 2. The van der Waals surface area contributed by atoms with Crippen LogP contribution in [0.3, 0.4) is 0 Å². The number of ether oxygens (including phenoxy) is 1. The Balaban J connectivity index is 1.02. The number of anilines is 1. The Labute approximate surface area is 311 Å². The van der Waals surface area contributed by atoms with Crippen molar-refractivity contribution in [2.24, 2.45) is 16.6 Å². The molecule has 2 saturated heterocycles. The zero-order valence-corrected chi connectivity index (χ0v) is 30.7. The molecule has 15 heteroatoms. The highest BCUT2D eigenvalue weighted by atomic mass is 35.5. The molecular weight excluding hydrogens is 703 g/mol. The maximum Gasteiger partial charge on any atom is 0.269 e. The Kier molecular flexibility index (Phi) is 9.14. The van der Waals surface area contributed by atoms with E-state index in [2.05, 4.69) is 15.1 Å². The summed E-state index contributed by atoms with van der Waals surface area (Å²) in [6.45, 7) is 10.7. The molecule has 4 aliphatic rings. The Morgan fingerprint density at radius 3 is 2.38 bits per heavy atom. The summed E-state index contributed by atoms with van der Waals surface area (Å²) < 4.78 is 21.9. The molecule has 4 amide bonds. The highest BCUT2D eigenvalue weighted by molar-refractivity contribution is 6.31. The smallest absolute Gasteiger partial charge is 0.269 e. The molecule has 1 aliphatic carbocycles. The molecule has 2 aromatic carbocycles. The van der Waals surface area contributed by atoms with E-state index in [0.29, 0.717) is 61.0 Å². The molecule has 1 aromatic heterocycles. The highest BCUT2D eigenvalue weighted by Gasteiger charge is 2.68. The second-order valence-corrected chi connectivity index (χ2v) is 15.8. The Bertz CT molecular complexity index is 2040. The topological polar surface area (TPSA) is 166 Å². The second kappa shape index (κ2) is 13.4. The minimum atomic E-state index is -0.878. The number of nitriles is 1. The van der Waals surface area contributed by atoms with E-state index < -0.39 is 52.6 Å². The third kappa shape index (κ3) is 6.25. The van der Waals surface area contributed by atoms with Crippen molar-refractivity contribution in [3.63, 3.8) is 0 Å². The average molecular weight is 743 g/mol. The molecule has 0 bridgehead atoms. The van der Waals surface area contributed by atoms with Gasteiger partial charge in [-0.1, -0.05) is 39.3 Å². The van der Waals surface area contributed by atoms with Gasteiger partial charge < -0.3 is 20.3 Å². The van der Waals surface area contributed by atoms with Gasteiger partial charge in [0, 0.05) is 73.7 Å². The number of likely N-dealkylation sites (tertiary alicyclic amines) is 1. The second-order valence-electron chi connectivity index (χ2n) is 15.4. The molecule has 4 heterocycles. The van der Waals surface area contributed by atoms with Crippen molar-refractivity contribution in [1.29, 1.82) is 5.26 Å². The van der Waals surface area contributed by atoms with E-state index >= 15 is 4.39 Å². The molecule has 53 heavy (non-hydrogen) atoms. The SMILES string of the molecule is CC1(C)C(Oc2ccc(C#N)c(Cl)c2)C(C)(C)C1N1C(=O)CCC(N2Cc3cc(CN4CCN(c5ccc(C(N)=O)nn5)CC4)c(F)cc3C2=O)C1=O. The van der Waals surface area contributed by atoms with E-state index in [9.17, 15) is 24.4 Å². The van der Waals surface area contributed by atoms with Crippen LogP contribution in [-0.2, 0) is 22.7 Å². The lowest BCUT2D eigenvalue weighted by Gasteiger charge is -2.66. The van der Waals surface area contributed by atoms with Gasteiger partial charge in [0.05, 0.1) is 16.6 Å². The first-order chi connectivity index (χ1) is 25.1. The maximum absolute atomic E-state index is 15.5. The summed E-state index contributed by atoms with van der Waals surface area (Å²) in [6.07, 6.45) is -0.140. The zero-order valence-electron chi connectivity index (χ0n) is 29.9. The van der Waals surface area contributed by atoms with Gasteiger partial charge in [0.15, 0.2) is 11.5 Å². The number of benzene rings is 2. The van der Waals surface area contributed by atoms with Gasteiger partial charge in [-0.2, -0.15) is 5.26 Å². The van der Waals surface area contributed by atoms with Crippen LogP contribution >= 0.6 is 11.6 Å². The number of primary amides is 1. The van der Waals surface area contributed by atoms with Crippen molar-refractivity contribution in [3.05, 3.63) is 81.3 Å². The van der Waals surface area contributed by atoms with Crippen LogP contribution < -0.4 is 15.4 Å². The number of hydrogen-bond donors (Lipinski definition) is 1. The van der Waals surface area contributed by atoms with Gasteiger partial charge in [0.1, 0.15) is 29.8 Å². The molecule has 0 radical (unpaired) electrons. The molecule has 7 rings (SSSR count). The van der Waals surface area contributed by atoms with Gasteiger partial charge in [-0.15, -0.1) is 10.2 Å². The average Bonchev–Trinajstić information content (AvgIpc) is 3.43. The first-order valence-corrected chi connectivity index (χ1v) is 17.9. The van der Waals surface area contributed by atoms with E-state index in [1.165, 1.54) is 21.9 Å². The lowest BCUT2D eigenvalue weighted by molar-refractivity contribution is -0.216. The van der Waals surface area contributed by atoms with Crippen molar-refractivity contribution in [2.45, 2.75) is 71.8 Å². The molecule has 2 N–H and O–H groups in total. The Morgan fingerprint density at radius 1 is 1.04 bits per heavy atom.